The predicted octanol–water partition coefficient (Wildman–Crippen LogP) is 5.05. The van der Waals surface area contributed by atoms with Crippen LogP contribution in [-0.4, -0.2) is 10.8 Å². The number of benzene rings is 3. The van der Waals surface area contributed by atoms with Gasteiger partial charge in [-0.1, -0.05) is 24.3 Å². The Bertz CT molecular complexity index is 1180. The number of amides is 1. The fraction of sp³-hybridized carbons (Fsp3) is 0.0500. The molecule has 0 fully saturated rings. The van der Waals surface area contributed by atoms with Crippen LogP contribution >= 0.6 is 0 Å². The summed E-state index contributed by atoms with van der Waals surface area (Å²) in [6.07, 6.45) is 0. The highest BCUT2D eigenvalue weighted by atomic mass is 16.6. The zero-order valence-corrected chi connectivity index (χ0v) is 13.9. The quantitative estimate of drug-likeness (QED) is 0.415. The average molecular weight is 346 g/mol. The second-order valence-corrected chi connectivity index (χ2v) is 6.04. The first kappa shape index (κ1) is 15.8. The van der Waals surface area contributed by atoms with E-state index in [1.807, 2.05) is 24.3 Å². The number of nitro benzene ring substituents is 1. The van der Waals surface area contributed by atoms with Crippen LogP contribution in [0.5, 0.6) is 0 Å². The van der Waals surface area contributed by atoms with Gasteiger partial charge in [0.15, 0.2) is 0 Å². The number of carbonyl (C=O) groups is 1. The summed E-state index contributed by atoms with van der Waals surface area (Å²) in [5.74, 6) is -0.413. The SMILES string of the molecule is Cc1ccc(NC(=O)c2ccc3oc4ccccc4c3c2)c([N+](=O)[O-])c1. The van der Waals surface area contributed by atoms with Crippen LogP contribution < -0.4 is 5.32 Å². The molecule has 26 heavy (non-hydrogen) atoms. The van der Waals surface area contributed by atoms with Crippen molar-refractivity contribution in [2.45, 2.75) is 6.92 Å². The summed E-state index contributed by atoms with van der Waals surface area (Å²) in [4.78, 5) is 23.3. The van der Waals surface area contributed by atoms with Crippen LogP contribution in [-0.2, 0) is 0 Å². The van der Waals surface area contributed by atoms with E-state index in [1.54, 1.807) is 31.2 Å². The fourth-order valence-corrected chi connectivity index (χ4v) is 2.96. The zero-order valence-electron chi connectivity index (χ0n) is 13.9. The molecule has 1 amide bonds. The number of rotatable bonds is 3. The Balaban J connectivity index is 1.73. The molecule has 4 aromatic rings. The van der Waals surface area contributed by atoms with Crippen LogP contribution in [0, 0.1) is 17.0 Å². The van der Waals surface area contributed by atoms with Crippen molar-refractivity contribution < 1.29 is 14.1 Å². The van der Waals surface area contributed by atoms with E-state index in [0.29, 0.717) is 11.1 Å². The van der Waals surface area contributed by atoms with E-state index in [4.69, 9.17) is 4.42 Å². The van der Waals surface area contributed by atoms with Crippen molar-refractivity contribution in [2.75, 3.05) is 5.32 Å². The summed E-state index contributed by atoms with van der Waals surface area (Å²) in [5.41, 5.74) is 2.62. The molecular weight excluding hydrogens is 332 g/mol. The van der Waals surface area contributed by atoms with Crippen LogP contribution in [0.25, 0.3) is 21.9 Å². The first-order chi connectivity index (χ1) is 12.5. The van der Waals surface area contributed by atoms with Gasteiger partial charge < -0.3 is 9.73 Å². The number of aryl methyl sites for hydroxylation is 1. The third-order valence-electron chi connectivity index (χ3n) is 4.24. The molecule has 0 unspecified atom stereocenters. The van der Waals surface area contributed by atoms with E-state index < -0.39 is 10.8 Å². The molecule has 4 rings (SSSR count). The number of para-hydroxylation sites is 1. The number of nitrogens with one attached hydrogen (secondary N) is 1. The van der Waals surface area contributed by atoms with E-state index in [2.05, 4.69) is 5.32 Å². The van der Waals surface area contributed by atoms with Gasteiger partial charge in [0.25, 0.3) is 11.6 Å². The van der Waals surface area contributed by atoms with Crippen molar-refractivity contribution in [3.8, 4) is 0 Å². The van der Waals surface area contributed by atoms with Crippen molar-refractivity contribution in [1.29, 1.82) is 0 Å². The molecule has 0 aliphatic carbocycles. The Morgan fingerprint density at radius 2 is 1.77 bits per heavy atom. The van der Waals surface area contributed by atoms with Crippen LogP contribution in [0.4, 0.5) is 11.4 Å². The maximum atomic E-state index is 12.6. The van der Waals surface area contributed by atoms with Gasteiger partial charge in [0.05, 0.1) is 4.92 Å². The second kappa shape index (κ2) is 6.00. The number of nitro groups is 1. The van der Waals surface area contributed by atoms with Gasteiger partial charge in [-0.2, -0.15) is 0 Å². The molecule has 1 aromatic heterocycles. The lowest BCUT2D eigenvalue weighted by molar-refractivity contribution is -0.384. The van der Waals surface area contributed by atoms with Gasteiger partial charge in [-0.25, -0.2) is 0 Å². The number of hydrogen-bond donors (Lipinski definition) is 1. The highest BCUT2D eigenvalue weighted by Gasteiger charge is 2.17. The van der Waals surface area contributed by atoms with Crippen LogP contribution in [0.2, 0.25) is 0 Å². The lowest BCUT2D eigenvalue weighted by Crippen LogP contribution is -2.13. The molecule has 1 heterocycles. The molecule has 0 atom stereocenters. The Morgan fingerprint density at radius 1 is 1.00 bits per heavy atom. The highest BCUT2D eigenvalue weighted by Crippen LogP contribution is 2.30. The number of anilines is 1. The van der Waals surface area contributed by atoms with Crippen LogP contribution in [0.15, 0.2) is 65.1 Å². The lowest BCUT2D eigenvalue weighted by Gasteiger charge is -2.07. The summed E-state index contributed by atoms with van der Waals surface area (Å²) >= 11 is 0. The minimum absolute atomic E-state index is 0.131. The molecule has 1 N–H and O–H groups in total. The summed E-state index contributed by atoms with van der Waals surface area (Å²) in [7, 11) is 0. The largest absolute Gasteiger partial charge is 0.456 e. The van der Waals surface area contributed by atoms with Crippen molar-refractivity contribution in [3.05, 3.63) is 81.9 Å². The van der Waals surface area contributed by atoms with Crippen LogP contribution in [0.1, 0.15) is 15.9 Å². The number of carbonyl (C=O) groups excluding carboxylic acids is 1. The average Bonchev–Trinajstić information content (AvgIpc) is 3.00. The van der Waals surface area contributed by atoms with Crippen molar-refractivity contribution in [1.82, 2.24) is 0 Å². The maximum Gasteiger partial charge on any atom is 0.293 e. The Labute approximate surface area is 148 Å². The van der Waals surface area contributed by atoms with Gasteiger partial charge in [-0.3, -0.25) is 14.9 Å². The first-order valence-corrected chi connectivity index (χ1v) is 8.00. The van der Waals surface area contributed by atoms with Gasteiger partial charge in [-0.15, -0.1) is 0 Å². The predicted molar refractivity (Wildman–Crippen MR) is 99.5 cm³/mol. The monoisotopic (exact) mass is 346 g/mol. The van der Waals surface area contributed by atoms with E-state index in [1.165, 1.54) is 12.1 Å². The number of hydrogen-bond acceptors (Lipinski definition) is 4. The molecule has 0 saturated carbocycles. The number of fused-ring (bicyclic) bond motifs is 3. The molecule has 0 saturated heterocycles. The molecule has 0 bridgehead atoms. The molecule has 128 valence electrons. The highest BCUT2D eigenvalue weighted by molar-refractivity contribution is 6.11. The zero-order chi connectivity index (χ0) is 18.3. The smallest absolute Gasteiger partial charge is 0.293 e. The summed E-state index contributed by atoms with van der Waals surface area (Å²) in [6, 6.07) is 17.4. The summed E-state index contributed by atoms with van der Waals surface area (Å²) < 4.78 is 5.75. The van der Waals surface area contributed by atoms with Gasteiger partial charge >= 0.3 is 0 Å². The maximum absolute atomic E-state index is 12.6. The summed E-state index contributed by atoms with van der Waals surface area (Å²) in [5, 5.41) is 15.6. The standard InChI is InChI=1S/C20H14N2O4/c1-12-6-8-16(17(10-12)22(24)25)21-20(23)13-7-9-19-15(11-13)14-4-2-3-5-18(14)26-19/h2-11H,1H3,(H,21,23). The van der Waals surface area contributed by atoms with Gasteiger partial charge in [-0.05, 0) is 42.8 Å². The number of furan rings is 1. The van der Waals surface area contributed by atoms with Gasteiger partial charge in [0.1, 0.15) is 16.9 Å². The molecule has 6 nitrogen and oxygen atoms in total. The van der Waals surface area contributed by atoms with Crippen molar-refractivity contribution in [3.63, 3.8) is 0 Å². The third kappa shape index (κ3) is 2.67. The second-order valence-electron chi connectivity index (χ2n) is 6.04. The van der Waals surface area contributed by atoms with E-state index >= 15 is 0 Å². The van der Waals surface area contributed by atoms with Crippen molar-refractivity contribution >= 4 is 39.2 Å². The molecule has 0 aliphatic rings. The van der Waals surface area contributed by atoms with E-state index in [9.17, 15) is 14.9 Å². The number of nitrogens with zero attached hydrogens (tertiary/aromatic N) is 1. The summed E-state index contributed by atoms with van der Waals surface area (Å²) in [6.45, 7) is 1.76. The molecular formula is C20H14N2O4. The van der Waals surface area contributed by atoms with Gasteiger partial charge in [0, 0.05) is 22.4 Å². The van der Waals surface area contributed by atoms with E-state index in [0.717, 1.165) is 21.9 Å². The fourth-order valence-electron chi connectivity index (χ4n) is 2.96. The molecule has 0 radical (unpaired) electrons. The topological polar surface area (TPSA) is 85.4 Å². The molecule has 0 aliphatic heterocycles. The molecule has 6 heteroatoms. The normalized spacial score (nSPS) is 11.0. The Morgan fingerprint density at radius 3 is 2.58 bits per heavy atom. The minimum atomic E-state index is -0.505. The van der Waals surface area contributed by atoms with Crippen molar-refractivity contribution in [2.24, 2.45) is 0 Å². The van der Waals surface area contributed by atoms with Crippen LogP contribution in [0.3, 0.4) is 0 Å². The molecule has 0 spiro atoms. The lowest BCUT2D eigenvalue weighted by atomic mass is 10.1. The third-order valence-corrected chi connectivity index (χ3v) is 4.24. The molecule has 3 aromatic carbocycles. The Kier molecular flexibility index (Phi) is 3.65. The van der Waals surface area contributed by atoms with Gasteiger partial charge in [0.2, 0.25) is 0 Å². The minimum Gasteiger partial charge on any atom is -0.456 e. The van der Waals surface area contributed by atoms with E-state index in [-0.39, 0.29) is 11.4 Å². The first-order valence-electron chi connectivity index (χ1n) is 8.00. The Hall–Kier alpha value is -3.67.